The highest BCUT2D eigenvalue weighted by molar-refractivity contribution is 5.83. The lowest BCUT2D eigenvalue weighted by Crippen LogP contribution is -2.58. The second-order valence-corrected chi connectivity index (χ2v) is 8.85. The molecular weight excluding hydrogens is 385 g/mol. The van der Waals surface area contributed by atoms with Crippen molar-refractivity contribution in [1.29, 1.82) is 0 Å². The molecule has 3 aliphatic rings. The zero-order valence-electron chi connectivity index (χ0n) is 17.6. The van der Waals surface area contributed by atoms with Crippen LogP contribution in [0.25, 0.3) is 0 Å². The third-order valence-electron chi connectivity index (χ3n) is 7.00. The Morgan fingerprint density at radius 1 is 1.20 bits per heavy atom. The molecule has 0 spiro atoms. The van der Waals surface area contributed by atoms with Crippen molar-refractivity contribution in [1.82, 2.24) is 15.1 Å². The first-order valence-corrected chi connectivity index (χ1v) is 11.2. The first kappa shape index (κ1) is 21.2. The second kappa shape index (κ2) is 9.43. The molecule has 2 saturated heterocycles. The van der Waals surface area contributed by atoms with Gasteiger partial charge in [0, 0.05) is 50.2 Å². The third kappa shape index (κ3) is 4.67. The number of ether oxygens (including phenoxy) is 1. The molecule has 2 amide bonds. The van der Waals surface area contributed by atoms with Crippen molar-refractivity contribution in [2.75, 3.05) is 39.4 Å². The van der Waals surface area contributed by atoms with Gasteiger partial charge in [-0.2, -0.15) is 0 Å². The molecule has 1 saturated carbocycles. The number of halogens is 1. The second-order valence-electron chi connectivity index (χ2n) is 8.85. The van der Waals surface area contributed by atoms with Gasteiger partial charge in [-0.15, -0.1) is 0 Å². The van der Waals surface area contributed by atoms with E-state index < -0.39 is 0 Å². The number of hydrogen-bond donors (Lipinski definition) is 1. The molecule has 4 rings (SSSR count). The maximum atomic E-state index is 14.0. The maximum Gasteiger partial charge on any atom is 0.224 e. The van der Waals surface area contributed by atoms with Crippen LogP contribution in [0.2, 0.25) is 0 Å². The molecule has 3 fully saturated rings. The van der Waals surface area contributed by atoms with Crippen LogP contribution in [0, 0.1) is 11.7 Å². The van der Waals surface area contributed by atoms with Crippen LogP contribution in [0.4, 0.5) is 4.39 Å². The number of piperidine rings is 1. The highest BCUT2D eigenvalue weighted by Gasteiger charge is 2.41. The number of benzene rings is 1. The average molecular weight is 418 g/mol. The Morgan fingerprint density at radius 3 is 2.67 bits per heavy atom. The smallest absolute Gasteiger partial charge is 0.224 e. The molecule has 1 aromatic rings. The number of rotatable bonds is 6. The van der Waals surface area contributed by atoms with Crippen LogP contribution in [-0.4, -0.2) is 66.5 Å². The maximum absolute atomic E-state index is 14.0. The summed E-state index contributed by atoms with van der Waals surface area (Å²) in [6.45, 7) is 4.57. The summed E-state index contributed by atoms with van der Waals surface area (Å²) in [6, 6.07) is 6.50. The number of nitrogens with one attached hydrogen (secondary N) is 1. The van der Waals surface area contributed by atoms with E-state index in [9.17, 15) is 14.0 Å². The zero-order chi connectivity index (χ0) is 21.0. The van der Waals surface area contributed by atoms with Gasteiger partial charge in [0.15, 0.2) is 0 Å². The molecule has 6 nitrogen and oxygen atoms in total. The molecule has 7 heteroatoms. The highest BCUT2D eigenvalue weighted by Crippen LogP contribution is 2.35. The lowest BCUT2D eigenvalue weighted by molar-refractivity contribution is -0.139. The van der Waals surface area contributed by atoms with E-state index in [1.165, 1.54) is 18.9 Å². The monoisotopic (exact) mass is 417 g/mol. The van der Waals surface area contributed by atoms with Crippen molar-refractivity contribution in [3.63, 3.8) is 0 Å². The van der Waals surface area contributed by atoms with Crippen LogP contribution in [0.5, 0.6) is 0 Å². The van der Waals surface area contributed by atoms with Crippen LogP contribution in [0.15, 0.2) is 24.3 Å². The van der Waals surface area contributed by atoms with Crippen LogP contribution < -0.4 is 5.32 Å². The summed E-state index contributed by atoms with van der Waals surface area (Å²) in [5, 5.41) is 3.21. The molecule has 164 valence electrons. The Balaban J connectivity index is 1.35. The van der Waals surface area contributed by atoms with E-state index in [0.29, 0.717) is 31.5 Å². The summed E-state index contributed by atoms with van der Waals surface area (Å²) < 4.78 is 19.5. The van der Waals surface area contributed by atoms with Gasteiger partial charge in [0.25, 0.3) is 0 Å². The molecule has 2 aliphatic heterocycles. The molecule has 1 aliphatic carbocycles. The highest BCUT2D eigenvalue weighted by atomic mass is 19.1. The van der Waals surface area contributed by atoms with Crippen molar-refractivity contribution >= 4 is 11.8 Å². The Labute approximate surface area is 177 Å². The fourth-order valence-electron chi connectivity index (χ4n) is 5.19. The van der Waals surface area contributed by atoms with E-state index in [1.807, 2.05) is 0 Å². The lowest BCUT2D eigenvalue weighted by atomic mass is 9.92. The quantitative estimate of drug-likeness (QED) is 0.772. The van der Waals surface area contributed by atoms with E-state index >= 15 is 0 Å². The number of amides is 2. The molecule has 0 bridgehead atoms. The SMILES string of the molecule is O=C(NCC1(N2CCOCC2)CCCC1)C1CCC(=O)N(Cc2ccccc2F)C1. The minimum atomic E-state index is -0.314. The van der Waals surface area contributed by atoms with E-state index in [2.05, 4.69) is 10.2 Å². The van der Waals surface area contributed by atoms with Crippen LogP contribution in [0.1, 0.15) is 44.1 Å². The summed E-state index contributed by atoms with van der Waals surface area (Å²) in [7, 11) is 0. The number of carbonyl (C=O) groups excluding carboxylic acids is 2. The molecule has 1 atom stereocenters. The minimum absolute atomic E-state index is 0.0112. The lowest BCUT2D eigenvalue weighted by Gasteiger charge is -2.44. The molecule has 1 unspecified atom stereocenters. The van der Waals surface area contributed by atoms with Gasteiger partial charge >= 0.3 is 0 Å². The van der Waals surface area contributed by atoms with Crippen molar-refractivity contribution in [3.05, 3.63) is 35.6 Å². The van der Waals surface area contributed by atoms with Crippen molar-refractivity contribution in [3.8, 4) is 0 Å². The average Bonchev–Trinajstić information content (AvgIpc) is 3.26. The summed E-state index contributed by atoms with van der Waals surface area (Å²) in [5.41, 5.74) is 0.528. The van der Waals surface area contributed by atoms with Gasteiger partial charge in [0.2, 0.25) is 11.8 Å². The van der Waals surface area contributed by atoms with Crippen LogP contribution in [0.3, 0.4) is 0 Å². The number of likely N-dealkylation sites (tertiary alicyclic amines) is 1. The Bertz CT molecular complexity index is 760. The molecule has 1 aromatic carbocycles. The Morgan fingerprint density at radius 2 is 1.93 bits per heavy atom. The predicted molar refractivity (Wildman–Crippen MR) is 111 cm³/mol. The van der Waals surface area contributed by atoms with Gasteiger partial charge in [0.05, 0.1) is 19.1 Å². The fourth-order valence-corrected chi connectivity index (χ4v) is 5.19. The van der Waals surface area contributed by atoms with Crippen molar-refractivity contribution in [2.24, 2.45) is 5.92 Å². The number of carbonyl (C=O) groups is 2. The van der Waals surface area contributed by atoms with Crippen LogP contribution >= 0.6 is 0 Å². The topological polar surface area (TPSA) is 61.9 Å². The summed E-state index contributed by atoms with van der Waals surface area (Å²) in [5.74, 6) is -0.549. The first-order chi connectivity index (χ1) is 14.6. The van der Waals surface area contributed by atoms with Gasteiger partial charge in [-0.1, -0.05) is 31.0 Å². The number of nitrogens with zero attached hydrogens (tertiary/aromatic N) is 2. The van der Waals surface area contributed by atoms with Crippen molar-refractivity contribution in [2.45, 2.75) is 50.6 Å². The standard InChI is InChI=1S/C23H32FN3O3/c24-20-6-2-1-5-18(20)15-26-16-19(7-8-21(26)28)22(29)25-17-23(9-3-4-10-23)27-11-13-30-14-12-27/h1-2,5-6,19H,3-4,7-17H2,(H,25,29). The fraction of sp³-hybridized carbons (Fsp3) is 0.652. The van der Waals surface area contributed by atoms with Crippen molar-refractivity contribution < 1.29 is 18.7 Å². The first-order valence-electron chi connectivity index (χ1n) is 11.2. The summed E-state index contributed by atoms with van der Waals surface area (Å²) in [6.07, 6.45) is 5.50. The molecule has 0 aromatic heterocycles. The molecular formula is C23H32FN3O3. The third-order valence-corrected chi connectivity index (χ3v) is 7.00. The Kier molecular flexibility index (Phi) is 6.68. The summed E-state index contributed by atoms with van der Waals surface area (Å²) in [4.78, 5) is 29.5. The molecule has 1 N–H and O–H groups in total. The van der Waals surface area contributed by atoms with Gasteiger partial charge in [-0.05, 0) is 25.3 Å². The number of morpholine rings is 1. The normalized spacial score (nSPS) is 24.8. The predicted octanol–water partition coefficient (Wildman–Crippen LogP) is 2.33. The van der Waals surface area contributed by atoms with Crippen LogP contribution in [-0.2, 0) is 20.9 Å². The van der Waals surface area contributed by atoms with Gasteiger partial charge < -0.3 is 15.0 Å². The largest absolute Gasteiger partial charge is 0.379 e. The molecule has 2 heterocycles. The molecule has 0 radical (unpaired) electrons. The van der Waals surface area contributed by atoms with E-state index in [1.54, 1.807) is 23.1 Å². The van der Waals surface area contributed by atoms with Gasteiger partial charge in [-0.25, -0.2) is 4.39 Å². The van der Waals surface area contributed by atoms with Gasteiger partial charge in [-0.3, -0.25) is 14.5 Å². The van der Waals surface area contributed by atoms with E-state index in [0.717, 1.165) is 39.1 Å². The van der Waals surface area contributed by atoms with E-state index in [4.69, 9.17) is 4.74 Å². The molecule has 30 heavy (non-hydrogen) atoms. The number of hydrogen-bond acceptors (Lipinski definition) is 4. The Hall–Kier alpha value is -1.99. The van der Waals surface area contributed by atoms with E-state index in [-0.39, 0.29) is 35.6 Å². The summed E-state index contributed by atoms with van der Waals surface area (Å²) >= 11 is 0. The minimum Gasteiger partial charge on any atom is -0.379 e. The zero-order valence-corrected chi connectivity index (χ0v) is 17.6. The van der Waals surface area contributed by atoms with Gasteiger partial charge in [0.1, 0.15) is 5.82 Å².